The van der Waals surface area contributed by atoms with Crippen LogP contribution >= 0.6 is 0 Å². The maximum atomic E-state index is 15.1. The molecule has 2 unspecified atom stereocenters. The zero-order valence-electron chi connectivity index (χ0n) is 24.5. The lowest BCUT2D eigenvalue weighted by Gasteiger charge is -2.35. The Balaban J connectivity index is 1.13. The highest BCUT2D eigenvalue weighted by atomic mass is 19.1. The molecule has 1 aliphatic heterocycles. The predicted octanol–water partition coefficient (Wildman–Crippen LogP) is 5.05. The van der Waals surface area contributed by atoms with Gasteiger partial charge in [-0.25, -0.2) is 28.2 Å². The van der Waals surface area contributed by atoms with E-state index in [0.717, 1.165) is 28.1 Å². The summed E-state index contributed by atoms with van der Waals surface area (Å²) >= 11 is 0. The van der Waals surface area contributed by atoms with Crippen molar-refractivity contribution in [3.05, 3.63) is 72.6 Å². The first-order valence-electron chi connectivity index (χ1n) is 14.1. The van der Waals surface area contributed by atoms with Gasteiger partial charge in [0, 0.05) is 43.8 Å². The van der Waals surface area contributed by atoms with Crippen molar-refractivity contribution < 1.29 is 18.7 Å². The molecule has 1 saturated heterocycles. The maximum absolute atomic E-state index is 15.1. The van der Waals surface area contributed by atoms with Crippen LogP contribution in [0.4, 0.5) is 20.7 Å². The highest BCUT2D eigenvalue weighted by Gasteiger charge is 2.32. The Morgan fingerprint density at radius 3 is 2.65 bits per heavy atom. The highest BCUT2D eigenvalue weighted by molar-refractivity contribution is 5.77. The van der Waals surface area contributed by atoms with Crippen LogP contribution in [0.5, 0.6) is 11.5 Å². The smallest absolute Gasteiger partial charge is 0.407 e. The second kappa shape index (κ2) is 11.5. The highest BCUT2D eigenvalue weighted by Crippen LogP contribution is 2.30. The molecule has 1 fully saturated rings. The number of hydrogen-bond acceptors (Lipinski definition) is 9. The van der Waals surface area contributed by atoms with Crippen LogP contribution in [0.3, 0.4) is 0 Å². The van der Waals surface area contributed by atoms with Crippen molar-refractivity contribution in [2.75, 3.05) is 18.4 Å². The average Bonchev–Trinajstić information content (AvgIpc) is 3.58. The summed E-state index contributed by atoms with van der Waals surface area (Å²) in [7, 11) is 0. The van der Waals surface area contributed by atoms with Gasteiger partial charge < -0.3 is 20.1 Å². The third kappa shape index (κ3) is 6.51. The number of amides is 1. The number of carbonyl (C=O) groups excluding carboxylic acids is 1. The number of carbonyl (C=O) groups is 1. The number of nitrogens with one attached hydrogen (secondary N) is 2. The summed E-state index contributed by atoms with van der Waals surface area (Å²) in [6.07, 6.45) is 5.33. The third-order valence-electron chi connectivity index (χ3n) is 7.18. The van der Waals surface area contributed by atoms with E-state index in [1.165, 1.54) is 12.7 Å². The Kier molecular flexibility index (Phi) is 7.57. The molecule has 1 aliphatic rings. The van der Waals surface area contributed by atoms with E-state index in [2.05, 4.69) is 30.8 Å². The van der Waals surface area contributed by atoms with Crippen LogP contribution in [0.1, 0.15) is 38.3 Å². The number of anilines is 2. The number of piperidine rings is 1. The van der Waals surface area contributed by atoms with Gasteiger partial charge in [-0.3, -0.25) is 4.90 Å². The second-order valence-electron chi connectivity index (χ2n) is 11.7. The molecule has 1 amide bonds. The van der Waals surface area contributed by atoms with Crippen LogP contribution in [-0.2, 0) is 11.3 Å². The van der Waals surface area contributed by atoms with E-state index in [1.54, 1.807) is 36.0 Å². The maximum Gasteiger partial charge on any atom is 0.407 e. The number of ether oxygens (including phenoxy) is 2. The fraction of sp³-hybridized carbons (Fsp3) is 0.367. The normalized spacial score (nSPS) is 17.7. The quantitative estimate of drug-likeness (QED) is 0.269. The summed E-state index contributed by atoms with van der Waals surface area (Å²) in [5, 5.41) is 14.6. The number of halogens is 1. The molecule has 13 heteroatoms. The lowest BCUT2D eigenvalue weighted by molar-refractivity contribution is 0.0391. The molecule has 1 aromatic carbocycles. The Morgan fingerprint density at radius 2 is 1.86 bits per heavy atom. The zero-order chi connectivity index (χ0) is 30.1. The average molecular weight is 588 g/mol. The number of alkyl halides is 1. The van der Waals surface area contributed by atoms with Crippen molar-refractivity contribution in [3.8, 4) is 11.5 Å². The van der Waals surface area contributed by atoms with Crippen LogP contribution in [0.2, 0.25) is 0 Å². The number of alkyl carbamates (subject to hydrolysis) is 1. The summed E-state index contributed by atoms with van der Waals surface area (Å²) in [5.41, 5.74) is 3.62. The fourth-order valence-corrected chi connectivity index (χ4v) is 5.18. The summed E-state index contributed by atoms with van der Waals surface area (Å²) < 4.78 is 29.9. The fourth-order valence-electron chi connectivity index (χ4n) is 5.18. The number of aryl methyl sites for hydroxylation is 1. The van der Waals surface area contributed by atoms with Gasteiger partial charge in [0.1, 0.15) is 41.4 Å². The zero-order valence-corrected chi connectivity index (χ0v) is 24.5. The number of benzene rings is 1. The molecule has 2 atom stereocenters. The number of rotatable bonds is 7. The summed E-state index contributed by atoms with van der Waals surface area (Å²) in [4.78, 5) is 22.9. The number of pyridine rings is 1. The van der Waals surface area contributed by atoms with Crippen LogP contribution < -0.4 is 15.4 Å². The Hall–Kier alpha value is -4.78. The largest absolute Gasteiger partial charge is 0.457 e. The van der Waals surface area contributed by atoms with E-state index < -0.39 is 23.9 Å². The Morgan fingerprint density at radius 1 is 1.07 bits per heavy atom. The molecule has 0 spiro atoms. The molecule has 43 heavy (non-hydrogen) atoms. The second-order valence-corrected chi connectivity index (χ2v) is 11.7. The van der Waals surface area contributed by atoms with Crippen molar-refractivity contribution in [1.82, 2.24) is 39.4 Å². The van der Waals surface area contributed by atoms with Crippen molar-refractivity contribution in [2.24, 2.45) is 0 Å². The number of aromatic nitrogens is 6. The van der Waals surface area contributed by atoms with E-state index in [9.17, 15) is 4.79 Å². The first kappa shape index (κ1) is 28.3. The van der Waals surface area contributed by atoms with E-state index in [0.29, 0.717) is 36.7 Å². The minimum Gasteiger partial charge on any atom is -0.457 e. The first-order chi connectivity index (χ1) is 20.6. The monoisotopic (exact) mass is 587 g/mol. The van der Waals surface area contributed by atoms with Gasteiger partial charge in [-0.1, -0.05) is 0 Å². The third-order valence-corrected chi connectivity index (χ3v) is 7.18. The molecular formula is C30H34FN9O3. The van der Waals surface area contributed by atoms with Gasteiger partial charge in [0.15, 0.2) is 11.5 Å². The minimum atomic E-state index is -1.22. The van der Waals surface area contributed by atoms with Gasteiger partial charge in [-0.2, -0.15) is 10.2 Å². The van der Waals surface area contributed by atoms with E-state index in [-0.39, 0.29) is 6.54 Å². The van der Waals surface area contributed by atoms with Crippen LogP contribution in [-0.4, -0.2) is 71.1 Å². The van der Waals surface area contributed by atoms with Crippen LogP contribution in [0.25, 0.3) is 11.2 Å². The van der Waals surface area contributed by atoms with Gasteiger partial charge in [0.2, 0.25) is 0 Å². The minimum absolute atomic E-state index is 0.193. The standard InChI is InChI=1S/C30H34FN9O3/c1-19-13-21(5-6-25(19)42-22-8-12-39-26(14-22)32-17-34-39)36-28-27-20(7-11-40(27)35-18-33-28)15-38-10-9-24(23(31)16-38)37-29(41)43-30(2,3)4/h5-8,11-14,17-18,23-24H,9-10,15-16H2,1-4H3,(H,37,41)(H,33,35,36). The molecule has 6 rings (SSSR count). The molecule has 12 nitrogen and oxygen atoms in total. The van der Waals surface area contributed by atoms with E-state index in [1.807, 2.05) is 54.4 Å². The van der Waals surface area contributed by atoms with Gasteiger partial charge in [-0.05, 0) is 75.6 Å². The van der Waals surface area contributed by atoms with Crippen LogP contribution in [0.15, 0.2) is 61.4 Å². The van der Waals surface area contributed by atoms with Gasteiger partial charge in [0.05, 0.1) is 6.04 Å². The Labute approximate surface area is 247 Å². The lowest BCUT2D eigenvalue weighted by Crippen LogP contribution is -2.52. The summed E-state index contributed by atoms with van der Waals surface area (Å²) in [6, 6.07) is 10.9. The molecule has 5 aromatic rings. The van der Waals surface area contributed by atoms with Crippen molar-refractivity contribution in [3.63, 3.8) is 0 Å². The van der Waals surface area contributed by atoms with Gasteiger partial charge >= 0.3 is 6.09 Å². The number of hydrogen-bond donors (Lipinski definition) is 2. The SMILES string of the molecule is Cc1cc(Nc2ncnn3ccc(CN4CCC(NC(=O)OC(C)(C)C)C(F)C4)c23)ccc1Oc1ccn2ncnc2c1. The molecular weight excluding hydrogens is 553 g/mol. The van der Waals surface area contributed by atoms with Gasteiger partial charge in [0.25, 0.3) is 0 Å². The molecule has 2 N–H and O–H groups in total. The number of likely N-dealkylation sites (tertiary alicyclic amines) is 1. The summed E-state index contributed by atoms with van der Waals surface area (Å²) in [6.45, 7) is 8.65. The van der Waals surface area contributed by atoms with Gasteiger partial charge in [-0.15, -0.1) is 0 Å². The van der Waals surface area contributed by atoms with Crippen molar-refractivity contribution >= 4 is 28.8 Å². The lowest BCUT2D eigenvalue weighted by atomic mass is 10.0. The van der Waals surface area contributed by atoms with Crippen LogP contribution in [0, 0.1) is 6.92 Å². The molecule has 0 aliphatic carbocycles. The molecule has 0 bridgehead atoms. The first-order valence-corrected chi connectivity index (χ1v) is 14.1. The summed E-state index contributed by atoms with van der Waals surface area (Å²) in [5.74, 6) is 2.02. The number of nitrogens with zero attached hydrogens (tertiary/aromatic N) is 7. The molecule has 5 heterocycles. The van der Waals surface area contributed by atoms with E-state index in [4.69, 9.17) is 9.47 Å². The topological polar surface area (TPSA) is 123 Å². The van der Waals surface area contributed by atoms with Crippen molar-refractivity contribution in [1.29, 1.82) is 0 Å². The molecule has 0 radical (unpaired) electrons. The molecule has 0 saturated carbocycles. The Bertz CT molecular complexity index is 1760. The van der Waals surface area contributed by atoms with E-state index >= 15 is 4.39 Å². The van der Waals surface area contributed by atoms with Crippen molar-refractivity contribution in [2.45, 2.75) is 58.5 Å². The molecule has 224 valence electrons. The molecule has 4 aromatic heterocycles. The predicted molar refractivity (Wildman–Crippen MR) is 158 cm³/mol. The number of fused-ring (bicyclic) bond motifs is 2.